The lowest BCUT2D eigenvalue weighted by atomic mass is 10.2. The molecule has 94 valence electrons. The van der Waals surface area contributed by atoms with Gasteiger partial charge in [0.25, 0.3) is 5.78 Å². The molecule has 0 fully saturated rings. The van der Waals surface area contributed by atoms with Crippen molar-refractivity contribution in [3.8, 4) is 0 Å². The first-order valence-corrected chi connectivity index (χ1v) is 5.85. The Morgan fingerprint density at radius 3 is 2.67 bits per heavy atom. The van der Waals surface area contributed by atoms with Crippen LogP contribution in [0.2, 0.25) is 0 Å². The maximum absolute atomic E-state index is 12.1. The van der Waals surface area contributed by atoms with Crippen LogP contribution in [0.1, 0.15) is 28.7 Å². The number of ketones is 1. The van der Waals surface area contributed by atoms with Crippen LogP contribution < -0.4 is 0 Å². The van der Waals surface area contributed by atoms with E-state index in [4.69, 9.17) is 4.74 Å². The number of carbonyl (C=O) groups excluding carboxylic acids is 2. The summed E-state index contributed by atoms with van der Waals surface area (Å²) in [4.78, 5) is 23.7. The summed E-state index contributed by atoms with van der Waals surface area (Å²) in [6, 6.07) is 7.61. The molecule has 0 bridgehead atoms. The molecule has 18 heavy (non-hydrogen) atoms. The number of nitrogens with zero attached hydrogens (tertiary/aromatic N) is 1. The number of esters is 1. The molecular formula is C14H15NO3. The molecule has 2 rings (SSSR count). The van der Waals surface area contributed by atoms with Gasteiger partial charge in [0.05, 0.1) is 6.61 Å². The van der Waals surface area contributed by atoms with E-state index in [1.165, 1.54) is 0 Å². The third kappa shape index (κ3) is 1.90. The van der Waals surface area contributed by atoms with Gasteiger partial charge in [-0.3, -0.25) is 4.79 Å². The summed E-state index contributed by atoms with van der Waals surface area (Å²) in [5.41, 5.74) is 2.98. The fraction of sp³-hybridized carbons (Fsp3) is 0.286. The van der Waals surface area contributed by atoms with Crippen molar-refractivity contribution in [3.05, 3.63) is 41.2 Å². The number of pyridine rings is 1. The molecule has 0 unspecified atom stereocenters. The zero-order chi connectivity index (χ0) is 13.3. The number of aryl methyl sites for hydroxylation is 2. The Balaban J connectivity index is 2.60. The highest BCUT2D eigenvalue weighted by molar-refractivity contribution is 6.40. The third-order valence-electron chi connectivity index (χ3n) is 2.85. The second-order valence-electron chi connectivity index (χ2n) is 4.15. The highest BCUT2D eigenvalue weighted by atomic mass is 16.5. The highest BCUT2D eigenvalue weighted by Gasteiger charge is 2.23. The van der Waals surface area contributed by atoms with Crippen LogP contribution in [0.3, 0.4) is 0 Å². The molecule has 4 heteroatoms. The summed E-state index contributed by atoms with van der Waals surface area (Å²) in [6.07, 6.45) is 0. The first kappa shape index (κ1) is 12.4. The fourth-order valence-corrected chi connectivity index (χ4v) is 2.10. The predicted molar refractivity (Wildman–Crippen MR) is 67.8 cm³/mol. The van der Waals surface area contributed by atoms with Gasteiger partial charge >= 0.3 is 5.97 Å². The van der Waals surface area contributed by atoms with Crippen LogP contribution in [-0.4, -0.2) is 22.8 Å². The molecule has 0 aliphatic rings. The van der Waals surface area contributed by atoms with E-state index >= 15 is 0 Å². The number of aromatic nitrogens is 1. The van der Waals surface area contributed by atoms with Crippen LogP contribution in [0.15, 0.2) is 24.3 Å². The van der Waals surface area contributed by atoms with Gasteiger partial charge in [0, 0.05) is 11.2 Å². The standard InChI is InChI=1S/C14H15NO3/c1-4-18-14(17)13(16)12-9(2)8-11-7-5-6-10(3)15(11)12/h5-8H,4H2,1-3H3. The number of Topliss-reactive ketones (excluding diaryl/α,β-unsaturated/α-hetero) is 1. The first-order chi connectivity index (χ1) is 8.56. The van der Waals surface area contributed by atoms with E-state index in [1.54, 1.807) is 11.3 Å². The van der Waals surface area contributed by atoms with E-state index in [9.17, 15) is 9.59 Å². The van der Waals surface area contributed by atoms with Crippen molar-refractivity contribution in [2.45, 2.75) is 20.8 Å². The summed E-state index contributed by atoms with van der Waals surface area (Å²) in [5.74, 6) is -1.40. The zero-order valence-corrected chi connectivity index (χ0v) is 10.7. The second-order valence-corrected chi connectivity index (χ2v) is 4.15. The van der Waals surface area contributed by atoms with Crippen molar-refractivity contribution in [2.75, 3.05) is 6.61 Å². The molecule has 4 nitrogen and oxygen atoms in total. The summed E-state index contributed by atoms with van der Waals surface area (Å²) < 4.78 is 6.56. The third-order valence-corrected chi connectivity index (χ3v) is 2.85. The lowest BCUT2D eigenvalue weighted by Crippen LogP contribution is -2.20. The summed E-state index contributed by atoms with van der Waals surface area (Å²) in [6.45, 7) is 5.60. The van der Waals surface area contributed by atoms with Crippen LogP contribution >= 0.6 is 0 Å². The number of fused-ring (bicyclic) bond motifs is 1. The molecule has 0 aliphatic carbocycles. The summed E-state index contributed by atoms with van der Waals surface area (Å²) in [5, 5.41) is 0. The Morgan fingerprint density at radius 2 is 2.00 bits per heavy atom. The summed E-state index contributed by atoms with van der Waals surface area (Å²) in [7, 11) is 0. The predicted octanol–water partition coefficient (Wildman–Crippen LogP) is 2.30. The lowest BCUT2D eigenvalue weighted by Gasteiger charge is -2.06. The van der Waals surface area contributed by atoms with Gasteiger partial charge in [-0.05, 0) is 44.5 Å². The van der Waals surface area contributed by atoms with Crippen LogP contribution in [0.4, 0.5) is 0 Å². The second kappa shape index (κ2) is 4.64. The number of hydrogen-bond donors (Lipinski definition) is 0. The Hall–Kier alpha value is -2.10. The van der Waals surface area contributed by atoms with Crippen LogP contribution in [-0.2, 0) is 9.53 Å². The largest absolute Gasteiger partial charge is 0.460 e. The van der Waals surface area contributed by atoms with Gasteiger partial charge in [0.1, 0.15) is 5.69 Å². The van der Waals surface area contributed by atoms with E-state index in [1.807, 2.05) is 38.1 Å². The van der Waals surface area contributed by atoms with Crippen LogP contribution in [0.5, 0.6) is 0 Å². The van der Waals surface area contributed by atoms with E-state index in [0.717, 1.165) is 16.8 Å². The van der Waals surface area contributed by atoms with Crippen molar-refractivity contribution < 1.29 is 14.3 Å². The molecule has 2 heterocycles. The minimum Gasteiger partial charge on any atom is -0.460 e. The fourth-order valence-electron chi connectivity index (χ4n) is 2.10. The van der Waals surface area contributed by atoms with Crippen LogP contribution in [0, 0.1) is 13.8 Å². The molecule has 0 aromatic carbocycles. The van der Waals surface area contributed by atoms with E-state index in [2.05, 4.69) is 0 Å². The normalized spacial score (nSPS) is 10.6. The summed E-state index contributed by atoms with van der Waals surface area (Å²) >= 11 is 0. The van der Waals surface area contributed by atoms with Gasteiger partial charge in [-0.15, -0.1) is 0 Å². The minimum atomic E-state index is -0.802. The number of hydrogen-bond acceptors (Lipinski definition) is 3. The number of rotatable bonds is 3. The maximum atomic E-state index is 12.1. The molecule has 0 saturated heterocycles. The average Bonchev–Trinajstić information content (AvgIpc) is 2.66. The highest BCUT2D eigenvalue weighted by Crippen LogP contribution is 2.19. The van der Waals surface area contributed by atoms with Crippen LogP contribution in [0.25, 0.3) is 5.52 Å². The molecular weight excluding hydrogens is 230 g/mol. The monoisotopic (exact) mass is 245 g/mol. The van der Waals surface area contributed by atoms with Gasteiger partial charge in [0.2, 0.25) is 0 Å². The SMILES string of the molecule is CCOC(=O)C(=O)c1c(C)cc2cccc(C)n12. The lowest BCUT2D eigenvalue weighted by molar-refractivity contribution is -0.137. The molecule has 0 saturated carbocycles. The molecule has 0 amide bonds. The smallest absolute Gasteiger partial charge is 0.381 e. The van der Waals surface area contributed by atoms with Crippen molar-refractivity contribution in [2.24, 2.45) is 0 Å². The Kier molecular flexibility index (Phi) is 3.19. The van der Waals surface area contributed by atoms with E-state index in [0.29, 0.717) is 5.69 Å². The van der Waals surface area contributed by atoms with E-state index < -0.39 is 11.8 Å². The zero-order valence-electron chi connectivity index (χ0n) is 10.7. The first-order valence-electron chi connectivity index (χ1n) is 5.85. The van der Waals surface area contributed by atoms with Crippen molar-refractivity contribution in [1.29, 1.82) is 0 Å². The maximum Gasteiger partial charge on any atom is 0.381 e. The van der Waals surface area contributed by atoms with Gasteiger partial charge in [0.15, 0.2) is 0 Å². The molecule has 0 atom stereocenters. The molecule has 2 aromatic heterocycles. The average molecular weight is 245 g/mol. The molecule has 2 aromatic rings. The Labute approximate surface area is 105 Å². The Bertz CT molecular complexity index is 625. The molecule has 0 spiro atoms. The number of carbonyl (C=O) groups is 2. The minimum absolute atomic E-state index is 0.200. The van der Waals surface area contributed by atoms with E-state index in [-0.39, 0.29) is 6.61 Å². The molecule has 0 N–H and O–H groups in total. The molecule has 0 aliphatic heterocycles. The van der Waals surface area contributed by atoms with Gasteiger partial charge in [-0.1, -0.05) is 6.07 Å². The van der Waals surface area contributed by atoms with Gasteiger partial charge < -0.3 is 9.14 Å². The Morgan fingerprint density at radius 1 is 1.28 bits per heavy atom. The quantitative estimate of drug-likeness (QED) is 0.473. The van der Waals surface area contributed by atoms with Crippen molar-refractivity contribution >= 4 is 17.3 Å². The van der Waals surface area contributed by atoms with Crippen molar-refractivity contribution in [1.82, 2.24) is 4.40 Å². The van der Waals surface area contributed by atoms with Crippen molar-refractivity contribution in [3.63, 3.8) is 0 Å². The number of ether oxygens (including phenoxy) is 1. The van der Waals surface area contributed by atoms with Gasteiger partial charge in [-0.25, -0.2) is 4.79 Å². The topological polar surface area (TPSA) is 47.8 Å². The molecule has 0 radical (unpaired) electrons. The van der Waals surface area contributed by atoms with Gasteiger partial charge in [-0.2, -0.15) is 0 Å².